The van der Waals surface area contributed by atoms with Gasteiger partial charge in [0.05, 0.1) is 5.69 Å². The molecule has 0 unspecified atom stereocenters. The van der Waals surface area contributed by atoms with Crippen LogP contribution in [0.3, 0.4) is 0 Å². The van der Waals surface area contributed by atoms with Gasteiger partial charge in [-0.15, -0.1) is 11.3 Å². The molecule has 2 aromatic rings. The molecule has 0 radical (unpaired) electrons. The first-order valence-electron chi connectivity index (χ1n) is 6.21. The van der Waals surface area contributed by atoms with Gasteiger partial charge in [0.25, 0.3) is 0 Å². The quantitative estimate of drug-likeness (QED) is 0.902. The van der Waals surface area contributed by atoms with Crippen molar-refractivity contribution < 1.29 is 0 Å². The van der Waals surface area contributed by atoms with Crippen molar-refractivity contribution in [3.8, 4) is 11.3 Å². The van der Waals surface area contributed by atoms with Crippen molar-refractivity contribution in [2.45, 2.75) is 39.8 Å². The lowest BCUT2D eigenvalue weighted by Gasteiger charge is -2.19. The third-order valence-electron chi connectivity index (χ3n) is 2.74. The summed E-state index contributed by atoms with van der Waals surface area (Å²) in [6.45, 7) is 9.47. The molecule has 0 bridgehead atoms. The molecule has 1 aromatic carbocycles. The zero-order valence-electron chi connectivity index (χ0n) is 11.4. The molecule has 0 saturated carbocycles. The molecule has 0 saturated heterocycles. The van der Waals surface area contributed by atoms with Crippen LogP contribution in [0.2, 0.25) is 0 Å². The summed E-state index contributed by atoms with van der Waals surface area (Å²) in [6.07, 6.45) is 0. The summed E-state index contributed by atoms with van der Waals surface area (Å²) in [5.41, 5.74) is 3.73. The number of hydrogen-bond donors (Lipinski definition) is 1. The van der Waals surface area contributed by atoms with Gasteiger partial charge in [0.2, 0.25) is 0 Å². The van der Waals surface area contributed by atoms with Crippen LogP contribution in [0.25, 0.3) is 11.3 Å². The van der Waals surface area contributed by atoms with Gasteiger partial charge in [-0.25, -0.2) is 4.98 Å². The van der Waals surface area contributed by atoms with Gasteiger partial charge >= 0.3 is 0 Å². The molecular weight excluding hydrogens is 240 g/mol. The zero-order chi connectivity index (χ0) is 13.2. The molecule has 1 N–H and O–H groups in total. The van der Waals surface area contributed by atoms with E-state index in [1.807, 2.05) is 0 Å². The van der Waals surface area contributed by atoms with Crippen LogP contribution in [0.5, 0.6) is 0 Å². The number of nitrogens with one attached hydrogen (secondary N) is 1. The summed E-state index contributed by atoms with van der Waals surface area (Å²) in [4.78, 5) is 4.70. The third kappa shape index (κ3) is 3.40. The van der Waals surface area contributed by atoms with Crippen LogP contribution >= 0.6 is 11.3 Å². The van der Waals surface area contributed by atoms with Crippen molar-refractivity contribution in [2.24, 2.45) is 0 Å². The Bertz CT molecular complexity index is 523. The second kappa shape index (κ2) is 5.21. The monoisotopic (exact) mass is 260 g/mol. The molecule has 2 rings (SSSR count). The molecule has 0 fully saturated rings. The highest BCUT2D eigenvalue weighted by Crippen LogP contribution is 2.24. The first-order chi connectivity index (χ1) is 8.46. The number of thiazole rings is 1. The molecule has 0 atom stereocenters. The Kier molecular flexibility index (Phi) is 3.83. The fourth-order valence-corrected chi connectivity index (χ4v) is 2.45. The summed E-state index contributed by atoms with van der Waals surface area (Å²) < 4.78 is 0. The SMILES string of the molecule is Cc1ccccc1-c1csc(CNC(C)(C)C)n1. The minimum absolute atomic E-state index is 0.133. The van der Waals surface area contributed by atoms with Crippen LogP contribution in [0.1, 0.15) is 31.3 Å². The number of nitrogens with zero attached hydrogens (tertiary/aromatic N) is 1. The molecule has 0 spiro atoms. The van der Waals surface area contributed by atoms with Gasteiger partial charge in [-0.1, -0.05) is 24.3 Å². The molecule has 0 aliphatic rings. The maximum atomic E-state index is 4.70. The van der Waals surface area contributed by atoms with Crippen molar-refractivity contribution in [3.05, 3.63) is 40.2 Å². The van der Waals surface area contributed by atoms with E-state index in [9.17, 15) is 0 Å². The highest BCUT2D eigenvalue weighted by atomic mass is 32.1. The van der Waals surface area contributed by atoms with Crippen molar-refractivity contribution in [1.82, 2.24) is 10.3 Å². The smallest absolute Gasteiger partial charge is 0.107 e. The highest BCUT2D eigenvalue weighted by molar-refractivity contribution is 7.09. The normalized spacial score (nSPS) is 11.8. The lowest BCUT2D eigenvalue weighted by Crippen LogP contribution is -2.34. The van der Waals surface area contributed by atoms with Crippen molar-refractivity contribution in [2.75, 3.05) is 0 Å². The topological polar surface area (TPSA) is 24.9 Å². The Balaban J connectivity index is 2.14. The predicted octanol–water partition coefficient (Wildman–Crippen LogP) is 4.01. The molecule has 2 nitrogen and oxygen atoms in total. The first-order valence-corrected chi connectivity index (χ1v) is 7.09. The highest BCUT2D eigenvalue weighted by Gasteiger charge is 2.11. The number of aromatic nitrogens is 1. The van der Waals surface area contributed by atoms with Gasteiger partial charge in [-0.3, -0.25) is 0 Å². The van der Waals surface area contributed by atoms with E-state index in [2.05, 4.69) is 62.7 Å². The minimum Gasteiger partial charge on any atom is -0.306 e. The average Bonchev–Trinajstić information content (AvgIpc) is 2.75. The predicted molar refractivity (Wildman–Crippen MR) is 78.9 cm³/mol. The van der Waals surface area contributed by atoms with Crippen LogP contribution in [0, 0.1) is 6.92 Å². The Morgan fingerprint density at radius 1 is 1.22 bits per heavy atom. The summed E-state index contributed by atoms with van der Waals surface area (Å²) in [5, 5.41) is 6.75. The lowest BCUT2D eigenvalue weighted by molar-refractivity contribution is 0.424. The molecule has 3 heteroatoms. The van der Waals surface area contributed by atoms with E-state index in [0.29, 0.717) is 0 Å². The summed E-state index contributed by atoms with van der Waals surface area (Å²) in [5.74, 6) is 0. The average molecular weight is 260 g/mol. The minimum atomic E-state index is 0.133. The van der Waals surface area contributed by atoms with Crippen molar-refractivity contribution in [3.63, 3.8) is 0 Å². The van der Waals surface area contributed by atoms with Gasteiger partial charge in [-0.2, -0.15) is 0 Å². The fourth-order valence-electron chi connectivity index (χ4n) is 1.72. The Morgan fingerprint density at radius 2 is 1.94 bits per heavy atom. The lowest BCUT2D eigenvalue weighted by atomic mass is 10.1. The maximum Gasteiger partial charge on any atom is 0.107 e. The van der Waals surface area contributed by atoms with Crippen LogP contribution in [0.15, 0.2) is 29.6 Å². The summed E-state index contributed by atoms with van der Waals surface area (Å²) in [6, 6.07) is 8.38. The van der Waals surface area contributed by atoms with Crippen LogP contribution in [0.4, 0.5) is 0 Å². The van der Waals surface area contributed by atoms with E-state index in [0.717, 1.165) is 17.2 Å². The molecule has 0 aliphatic heterocycles. The van der Waals surface area contributed by atoms with Gasteiger partial charge in [-0.05, 0) is 33.3 Å². The first kappa shape index (κ1) is 13.2. The van der Waals surface area contributed by atoms with E-state index in [-0.39, 0.29) is 5.54 Å². The van der Waals surface area contributed by atoms with Crippen molar-refractivity contribution in [1.29, 1.82) is 0 Å². The number of benzene rings is 1. The molecule has 1 aromatic heterocycles. The maximum absolute atomic E-state index is 4.70. The van der Waals surface area contributed by atoms with Gasteiger partial charge in [0.15, 0.2) is 0 Å². The number of rotatable bonds is 3. The van der Waals surface area contributed by atoms with Gasteiger partial charge < -0.3 is 5.32 Å². The molecule has 0 aliphatic carbocycles. The third-order valence-corrected chi connectivity index (χ3v) is 3.59. The van der Waals surface area contributed by atoms with Gasteiger partial charge in [0, 0.05) is 23.0 Å². The van der Waals surface area contributed by atoms with E-state index in [1.54, 1.807) is 11.3 Å². The van der Waals surface area contributed by atoms with E-state index in [4.69, 9.17) is 4.98 Å². The van der Waals surface area contributed by atoms with Gasteiger partial charge in [0.1, 0.15) is 5.01 Å². The van der Waals surface area contributed by atoms with Crippen molar-refractivity contribution >= 4 is 11.3 Å². The van der Waals surface area contributed by atoms with E-state index in [1.165, 1.54) is 11.1 Å². The van der Waals surface area contributed by atoms with E-state index >= 15 is 0 Å². The van der Waals surface area contributed by atoms with Crippen LogP contribution in [-0.2, 0) is 6.54 Å². The Labute approximate surface area is 113 Å². The van der Waals surface area contributed by atoms with Crippen LogP contribution < -0.4 is 5.32 Å². The van der Waals surface area contributed by atoms with E-state index < -0.39 is 0 Å². The molecular formula is C15H20N2S. The summed E-state index contributed by atoms with van der Waals surface area (Å²) >= 11 is 1.72. The molecule has 1 heterocycles. The van der Waals surface area contributed by atoms with Crippen LogP contribution in [-0.4, -0.2) is 10.5 Å². The largest absolute Gasteiger partial charge is 0.306 e. The fraction of sp³-hybridized carbons (Fsp3) is 0.400. The molecule has 96 valence electrons. The Morgan fingerprint density at radius 3 is 2.61 bits per heavy atom. The second-order valence-electron chi connectivity index (χ2n) is 5.54. The second-order valence-corrected chi connectivity index (χ2v) is 6.49. The Hall–Kier alpha value is -1.19. The molecule has 0 amide bonds. The summed E-state index contributed by atoms with van der Waals surface area (Å²) in [7, 11) is 0. The zero-order valence-corrected chi connectivity index (χ0v) is 12.3. The molecule has 18 heavy (non-hydrogen) atoms. The standard InChI is InChI=1S/C15H20N2S/c1-11-7-5-6-8-12(11)13-10-18-14(17-13)9-16-15(2,3)4/h5-8,10,16H,9H2,1-4H3. The number of hydrogen-bond acceptors (Lipinski definition) is 3. The number of aryl methyl sites for hydroxylation is 1.